The van der Waals surface area contributed by atoms with Gasteiger partial charge in [0.1, 0.15) is 11.2 Å². The van der Waals surface area contributed by atoms with Crippen molar-refractivity contribution in [1.29, 1.82) is 0 Å². The Morgan fingerprint density at radius 1 is 1.04 bits per heavy atom. The Kier molecular flexibility index (Phi) is 7.76. The summed E-state index contributed by atoms with van der Waals surface area (Å²) in [6, 6.07) is 0. The summed E-state index contributed by atoms with van der Waals surface area (Å²) in [7, 11) is 0. The first kappa shape index (κ1) is 21.8. The van der Waals surface area contributed by atoms with E-state index < -0.39 is 11.2 Å². The van der Waals surface area contributed by atoms with Crippen LogP contribution in [0.5, 0.6) is 0 Å². The summed E-state index contributed by atoms with van der Waals surface area (Å²) in [5, 5.41) is 0. The molecule has 0 unspecified atom stereocenters. The summed E-state index contributed by atoms with van der Waals surface area (Å²) < 4.78 is 11.1. The van der Waals surface area contributed by atoms with Crippen LogP contribution in [0.15, 0.2) is 0 Å². The average molecular weight is 356 g/mol. The molecule has 5 nitrogen and oxygen atoms in total. The maximum atomic E-state index is 12.7. The third kappa shape index (κ3) is 8.10. The molecule has 0 bridgehead atoms. The van der Waals surface area contributed by atoms with Gasteiger partial charge in [-0.05, 0) is 60.3 Å². The van der Waals surface area contributed by atoms with Crippen molar-refractivity contribution >= 4 is 12.1 Å². The van der Waals surface area contributed by atoms with Crippen LogP contribution in [0.2, 0.25) is 0 Å². The molecular formula is C20H37NO4. The number of amides is 1. The zero-order valence-corrected chi connectivity index (χ0v) is 17.2. The molecule has 1 amide bonds. The van der Waals surface area contributed by atoms with Crippen LogP contribution in [-0.2, 0) is 14.3 Å². The largest absolute Gasteiger partial charge is 0.460 e. The van der Waals surface area contributed by atoms with Gasteiger partial charge < -0.3 is 14.4 Å². The van der Waals surface area contributed by atoms with Crippen LogP contribution in [0.25, 0.3) is 0 Å². The molecule has 0 aromatic rings. The van der Waals surface area contributed by atoms with Crippen molar-refractivity contribution in [1.82, 2.24) is 4.90 Å². The Morgan fingerprint density at radius 3 is 2.16 bits per heavy atom. The van der Waals surface area contributed by atoms with Crippen molar-refractivity contribution in [3.63, 3.8) is 0 Å². The maximum absolute atomic E-state index is 12.7. The number of ether oxygens (including phenoxy) is 2. The van der Waals surface area contributed by atoms with Crippen LogP contribution < -0.4 is 0 Å². The summed E-state index contributed by atoms with van der Waals surface area (Å²) in [6.07, 6.45) is 4.62. The number of carbonyl (C=O) groups excluding carboxylic acids is 2. The second-order valence-corrected chi connectivity index (χ2v) is 9.11. The van der Waals surface area contributed by atoms with E-state index in [1.165, 1.54) is 0 Å². The van der Waals surface area contributed by atoms with Gasteiger partial charge in [-0.2, -0.15) is 0 Å². The predicted octanol–water partition coefficient (Wildman–Crippen LogP) is 4.78. The number of unbranched alkanes of at least 4 members (excludes halogenated alkanes) is 2. The highest BCUT2D eigenvalue weighted by Crippen LogP contribution is 2.31. The molecule has 1 saturated heterocycles. The van der Waals surface area contributed by atoms with Gasteiger partial charge >= 0.3 is 12.1 Å². The molecule has 0 spiro atoms. The Bertz CT molecular complexity index is 448. The lowest BCUT2D eigenvalue weighted by Gasteiger charge is -2.28. The minimum atomic E-state index is -0.499. The van der Waals surface area contributed by atoms with E-state index in [1.54, 1.807) is 4.90 Å². The van der Waals surface area contributed by atoms with E-state index in [1.807, 2.05) is 41.5 Å². The summed E-state index contributed by atoms with van der Waals surface area (Å²) in [4.78, 5) is 26.7. The molecule has 0 aromatic carbocycles. The van der Waals surface area contributed by atoms with E-state index >= 15 is 0 Å². The smallest absolute Gasteiger partial charge is 0.410 e. The third-order valence-electron chi connectivity index (χ3n) is 4.27. The highest BCUT2D eigenvalue weighted by atomic mass is 16.6. The fourth-order valence-electron chi connectivity index (χ4n) is 3.15. The Hall–Kier alpha value is -1.26. The monoisotopic (exact) mass is 355 g/mol. The number of hydrogen-bond donors (Lipinski definition) is 0. The van der Waals surface area contributed by atoms with Crippen LogP contribution in [0.4, 0.5) is 4.79 Å². The van der Waals surface area contributed by atoms with Crippen molar-refractivity contribution in [3.05, 3.63) is 0 Å². The molecule has 1 aliphatic heterocycles. The van der Waals surface area contributed by atoms with Gasteiger partial charge in [0.15, 0.2) is 0 Å². The molecule has 0 aromatic heterocycles. The molecule has 25 heavy (non-hydrogen) atoms. The van der Waals surface area contributed by atoms with Crippen molar-refractivity contribution in [3.8, 4) is 0 Å². The van der Waals surface area contributed by atoms with E-state index in [0.717, 1.165) is 32.1 Å². The van der Waals surface area contributed by atoms with E-state index in [0.29, 0.717) is 13.1 Å². The number of likely N-dealkylation sites (tertiary alicyclic amines) is 1. The lowest BCUT2D eigenvalue weighted by molar-refractivity contribution is -0.162. The highest BCUT2D eigenvalue weighted by Gasteiger charge is 2.38. The summed E-state index contributed by atoms with van der Waals surface area (Å²) in [6.45, 7) is 14.7. The highest BCUT2D eigenvalue weighted by molar-refractivity contribution is 5.74. The molecule has 0 aliphatic carbocycles. The second kappa shape index (κ2) is 8.91. The predicted molar refractivity (Wildman–Crippen MR) is 99.4 cm³/mol. The summed E-state index contributed by atoms with van der Waals surface area (Å²) >= 11 is 0. The summed E-state index contributed by atoms with van der Waals surface area (Å²) in [5.74, 6) is -0.114. The molecule has 1 rings (SSSR count). The quantitative estimate of drug-likeness (QED) is 0.508. The van der Waals surface area contributed by atoms with Gasteiger partial charge in [0.2, 0.25) is 0 Å². The third-order valence-corrected chi connectivity index (χ3v) is 4.27. The normalized spacial score (nSPS) is 19.6. The Morgan fingerprint density at radius 2 is 1.64 bits per heavy atom. The standard InChI is InChI=1S/C20H37NO4/c1-8-9-10-11-16(17(22)24-19(2,3)4)15-12-13-21(14-15)18(23)25-20(5,6)7/h15-16H,8-14H2,1-7H3/t15-,16-/m0/s1. The van der Waals surface area contributed by atoms with Gasteiger partial charge in [0.05, 0.1) is 5.92 Å². The van der Waals surface area contributed by atoms with Crippen LogP contribution in [0.3, 0.4) is 0 Å². The van der Waals surface area contributed by atoms with Gasteiger partial charge in [0, 0.05) is 13.1 Å². The van der Waals surface area contributed by atoms with E-state index in [-0.39, 0.29) is 23.9 Å². The van der Waals surface area contributed by atoms with Crippen LogP contribution >= 0.6 is 0 Å². The molecule has 146 valence electrons. The number of esters is 1. The second-order valence-electron chi connectivity index (χ2n) is 9.11. The SMILES string of the molecule is CCCCC[C@H](C(=O)OC(C)(C)C)[C@H]1CCN(C(=O)OC(C)(C)C)C1. The van der Waals surface area contributed by atoms with Crippen LogP contribution in [0.1, 0.15) is 80.6 Å². The number of carbonyl (C=O) groups is 2. The van der Waals surface area contributed by atoms with Gasteiger partial charge in [0.25, 0.3) is 0 Å². The van der Waals surface area contributed by atoms with Crippen molar-refractivity contribution < 1.29 is 19.1 Å². The molecule has 5 heteroatoms. The fraction of sp³-hybridized carbons (Fsp3) is 0.900. The first-order chi connectivity index (χ1) is 11.4. The number of hydrogen-bond acceptors (Lipinski definition) is 4. The molecule has 0 saturated carbocycles. The minimum absolute atomic E-state index is 0.125. The first-order valence-electron chi connectivity index (χ1n) is 9.63. The zero-order valence-electron chi connectivity index (χ0n) is 17.2. The zero-order chi connectivity index (χ0) is 19.3. The molecular weight excluding hydrogens is 318 g/mol. The first-order valence-corrected chi connectivity index (χ1v) is 9.63. The molecule has 1 heterocycles. The lowest BCUT2D eigenvalue weighted by Crippen LogP contribution is -2.37. The van der Waals surface area contributed by atoms with Crippen molar-refractivity contribution in [2.75, 3.05) is 13.1 Å². The van der Waals surface area contributed by atoms with Crippen molar-refractivity contribution in [2.45, 2.75) is 91.8 Å². The van der Waals surface area contributed by atoms with Gasteiger partial charge in [-0.1, -0.05) is 26.2 Å². The molecule has 1 fully saturated rings. The van der Waals surface area contributed by atoms with Crippen LogP contribution in [0, 0.1) is 11.8 Å². The van der Waals surface area contributed by atoms with E-state index in [9.17, 15) is 9.59 Å². The average Bonchev–Trinajstić information content (AvgIpc) is 2.89. The molecule has 0 radical (unpaired) electrons. The topological polar surface area (TPSA) is 55.8 Å². The molecule has 1 aliphatic rings. The van der Waals surface area contributed by atoms with Gasteiger partial charge in [-0.3, -0.25) is 4.79 Å². The van der Waals surface area contributed by atoms with E-state index in [4.69, 9.17) is 9.47 Å². The van der Waals surface area contributed by atoms with Crippen molar-refractivity contribution in [2.24, 2.45) is 11.8 Å². The maximum Gasteiger partial charge on any atom is 0.410 e. The number of nitrogens with zero attached hydrogens (tertiary/aromatic N) is 1. The van der Waals surface area contributed by atoms with Gasteiger partial charge in [-0.25, -0.2) is 4.79 Å². The number of rotatable bonds is 6. The fourth-order valence-corrected chi connectivity index (χ4v) is 3.15. The summed E-state index contributed by atoms with van der Waals surface area (Å²) in [5.41, 5.74) is -0.982. The Labute approximate surface area is 153 Å². The lowest BCUT2D eigenvalue weighted by atomic mass is 9.87. The Balaban J connectivity index is 2.72. The molecule has 2 atom stereocenters. The van der Waals surface area contributed by atoms with Gasteiger partial charge in [-0.15, -0.1) is 0 Å². The minimum Gasteiger partial charge on any atom is -0.460 e. The van der Waals surface area contributed by atoms with Crippen LogP contribution in [-0.4, -0.2) is 41.3 Å². The molecule has 0 N–H and O–H groups in total. The van der Waals surface area contributed by atoms with E-state index in [2.05, 4.69) is 6.92 Å².